The van der Waals surface area contributed by atoms with Crippen molar-refractivity contribution < 1.29 is 17.6 Å². The molecule has 0 bridgehead atoms. The molecule has 0 aromatic heterocycles. The Morgan fingerprint density at radius 1 is 1.30 bits per heavy atom. The molecule has 0 heterocycles. The third-order valence-corrected chi connectivity index (χ3v) is 4.42. The van der Waals surface area contributed by atoms with Gasteiger partial charge in [-0.15, -0.1) is 0 Å². The molecule has 0 saturated heterocycles. The fraction of sp³-hybridized carbons (Fsp3) is 0.600. The highest BCUT2D eigenvalue weighted by Crippen LogP contribution is 2.43. The first-order valence-electron chi connectivity index (χ1n) is 6.95. The van der Waals surface area contributed by atoms with Crippen LogP contribution in [0.15, 0.2) is 18.2 Å². The van der Waals surface area contributed by atoms with Crippen LogP contribution in [0.25, 0.3) is 0 Å². The number of rotatable bonds is 2. The quantitative estimate of drug-likeness (QED) is 0.791. The average Bonchev–Trinajstić information content (AvgIpc) is 2.38. The lowest BCUT2D eigenvalue weighted by atomic mass is 9.68. The molecule has 1 aromatic rings. The second kappa shape index (κ2) is 5.35. The summed E-state index contributed by atoms with van der Waals surface area (Å²) in [6.07, 6.45) is -0.376. The minimum absolute atomic E-state index is 0.141. The molecule has 20 heavy (non-hydrogen) atoms. The van der Waals surface area contributed by atoms with Gasteiger partial charge in [0, 0.05) is 5.54 Å². The summed E-state index contributed by atoms with van der Waals surface area (Å²) in [6.45, 7) is 1.99. The molecule has 5 heteroatoms. The molecule has 112 valence electrons. The van der Waals surface area contributed by atoms with Crippen LogP contribution in [-0.4, -0.2) is 0 Å². The van der Waals surface area contributed by atoms with Crippen molar-refractivity contribution >= 4 is 0 Å². The lowest BCUT2D eigenvalue weighted by molar-refractivity contribution is -0.140. The molecule has 2 atom stereocenters. The van der Waals surface area contributed by atoms with Crippen LogP contribution < -0.4 is 5.73 Å². The van der Waals surface area contributed by atoms with Crippen LogP contribution in [-0.2, 0) is 11.7 Å². The van der Waals surface area contributed by atoms with Crippen molar-refractivity contribution in [3.05, 3.63) is 35.1 Å². The minimum Gasteiger partial charge on any atom is -0.321 e. The molecule has 2 N–H and O–H groups in total. The number of hydrogen-bond donors (Lipinski definition) is 1. The predicted octanol–water partition coefficient (Wildman–Crippen LogP) is 4.60. The van der Waals surface area contributed by atoms with Gasteiger partial charge in [0.15, 0.2) is 0 Å². The largest absolute Gasteiger partial charge is 0.419 e. The van der Waals surface area contributed by atoms with Gasteiger partial charge in [-0.1, -0.05) is 32.3 Å². The van der Waals surface area contributed by atoms with Gasteiger partial charge in [0.1, 0.15) is 5.82 Å². The summed E-state index contributed by atoms with van der Waals surface area (Å²) in [5.41, 5.74) is 4.81. The molecule has 1 aliphatic carbocycles. The normalized spacial score (nSPS) is 27.6. The fourth-order valence-electron chi connectivity index (χ4n) is 3.25. The molecule has 1 fully saturated rings. The molecule has 1 nitrogen and oxygen atoms in total. The Hall–Kier alpha value is -1.10. The molecule has 2 rings (SSSR count). The summed E-state index contributed by atoms with van der Waals surface area (Å²) in [4.78, 5) is 0. The van der Waals surface area contributed by atoms with Crippen molar-refractivity contribution in [3.8, 4) is 0 Å². The Bertz CT molecular complexity index is 483. The van der Waals surface area contributed by atoms with E-state index in [-0.39, 0.29) is 5.92 Å². The van der Waals surface area contributed by atoms with Crippen molar-refractivity contribution in [3.63, 3.8) is 0 Å². The van der Waals surface area contributed by atoms with Gasteiger partial charge in [0.05, 0.1) is 5.56 Å². The summed E-state index contributed by atoms with van der Waals surface area (Å²) in [5.74, 6) is -1.10. The minimum atomic E-state index is -4.69. The van der Waals surface area contributed by atoms with Gasteiger partial charge in [0.25, 0.3) is 0 Å². The third-order valence-electron chi connectivity index (χ3n) is 4.42. The van der Waals surface area contributed by atoms with Gasteiger partial charge in [-0.25, -0.2) is 4.39 Å². The third kappa shape index (κ3) is 2.68. The SMILES string of the molecule is CCC1CCCCC1(N)c1ccc(F)c(C(F)(F)F)c1. The van der Waals surface area contributed by atoms with Crippen LogP contribution in [0.3, 0.4) is 0 Å². The second-order valence-corrected chi connectivity index (χ2v) is 5.58. The van der Waals surface area contributed by atoms with Gasteiger partial charge in [0.2, 0.25) is 0 Å². The summed E-state index contributed by atoms with van der Waals surface area (Å²) in [6, 6.07) is 3.18. The molecule has 0 spiro atoms. The Morgan fingerprint density at radius 2 is 2.00 bits per heavy atom. The van der Waals surface area contributed by atoms with Crippen molar-refractivity contribution in [2.75, 3.05) is 0 Å². The Morgan fingerprint density at radius 3 is 2.60 bits per heavy atom. The zero-order valence-electron chi connectivity index (χ0n) is 11.4. The van der Waals surface area contributed by atoms with Crippen molar-refractivity contribution in [2.24, 2.45) is 11.7 Å². The average molecular weight is 289 g/mol. The number of alkyl halides is 3. The summed E-state index contributed by atoms with van der Waals surface area (Å²) in [5, 5.41) is 0. The summed E-state index contributed by atoms with van der Waals surface area (Å²) >= 11 is 0. The lowest BCUT2D eigenvalue weighted by Gasteiger charge is -2.41. The van der Waals surface area contributed by atoms with E-state index in [2.05, 4.69) is 0 Å². The number of halogens is 4. The highest BCUT2D eigenvalue weighted by Gasteiger charge is 2.40. The molecule has 0 radical (unpaired) electrons. The maximum Gasteiger partial charge on any atom is 0.419 e. The molecule has 2 unspecified atom stereocenters. The van der Waals surface area contributed by atoms with Crippen LogP contribution in [0.2, 0.25) is 0 Å². The van der Waals surface area contributed by atoms with E-state index in [1.54, 1.807) is 0 Å². The van der Waals surface area contributed by atoms with E-state index >= 15 is 0 Å². The van der Waals surface area contributed by atoms with E-state index in [0.29, 0.717) is 12.0 Å². The number of nitrogens with two attached hydrogens (primary N) is 1. The van der Waals surface area contributed by atoms with Gasteiger partial charge in [-0.2, -0.15) is 13.2 Å². The van der Waals surface area contributed by atoms with Gasteiger partial charge >= 0.3 is 6.18 Å². The zero-order chi connectivity index (χ0) is 15.0. The lowest BCUT2D eigenvalue weighted by Crippen LogP contribution is -2.46. The van der Waals surface area contributed by atoms with Gasteiger partial charge in [-0.05, 0) is 36.5 Å². The Kier molecular flexibility index (Phi) is 4.09. The molecular weight excluding hydrogens is 270 g/mol. The molecule has 0 amide bonds. The Balaban J connectivity index is 2.46. The van der Waals surface area contributed by atoms with Gasteiger partial charge in [-0.3, -0.25) is 0 Å². The van der Waals surface area contributed by atoms with E-state index in [1.807, 2.05) is 6.92 Å². The smallest absolute Gasteiger partial charge is 0.321 e. The second-order valence-electron chi connectivity index (χ2n) is 5.58. The Labute approximate surface area is 116 Å². The van der Waals surface area contributed by atoms with E-state index in [9.17, 15) is 17.6 Å². The van der Waals surface area contributed by atoms with Crippen LogP contribution in [0, 0.1) is 11.7 Å². The van der Waals surface area contributed by atoms with Crippen LogP contribution in [0.1, 0.15) is 50.2 Å². The first-order chi connectivity index (χ1) is 9.29. The van der Waals surface area contributed by atoms with E-state index in [1.165, 1.54) is 6.07 Å². The number of benzene rings is 1. The van der Waals surface area contributed by atoms with Crippen LogP contribution in [0.5, 0.6) is 0 Å². The number of hydrogen-bond acceptors (Lipinski definition) is 1. The van der Waals surface area contributed by atoms with E-state index < -0.39 is 23.1 Å². The van der Waals surface area contributed by atoms with Crippen molar-refractivity contribution in [2.45, 2.75) is 50.7 Å². The van der Waals surface area contributed by atoms with Crippen molar-refractivity contribution in [1.29, 1.82) is 0 Å². The van der Waals surface area contributed by atoms with Gasteiger partial charge < -0.3 is 5.73 Å². The van der Waals surface area contributed by atoms with Crippen molar-refractivity contribution in [1.82, 2.24) is 0 Å². The van der Waals surface area contributed by atoms with Crippen LogP contribution >= 0.6 is 0 Å². The highest BCUT2D eigenvalue weighted by molar-refractivity contribution is 5.33. The maximum absolute atomic E-state index is 13.4. The summed E-state index contributed by atoms with van der Waals surface area (Å²) in [7, 11) is 0. The monoisotopic (exact) mass is 289 g/mol. The zero-order valence-corrected chi connectivity index (χ0v) is 11.4. The fourth-order valence-corrected chi connectivity index (χ4v) is 3.25. The first-order valence-corrected chi connectivity index (χ1v) is 6.95. The molecular formula is C15H19F4N. The van der Waals surface area contributed by atoms with E-state index in [0.717, 1.165) is 37.8 Å². The topological polar surface area (TPSA) is 26.0 Å². The molecule has 1 aliphatic rings. The summed E-state index contributed by atoms with van der Waals surface area (Å²) < 4.78 is 51.8. The molecule has 1 saturated carbocycles. The maximum atomic E-state index is 13.4. The molecule has 1 aromatic carbocycles. The van der Waals surface area contributed by atoms with E-state index in [4.69, 9.17) is 5.73 Å². The predicted molar refractivity (Wildman–Crippen MR) is 69.5 cm³/mol. The molecule has 0 aliphatic heterocycles. The standard InChI is InChI=1S/C15H19F4N/c1-2-10-5-3-4-8-14(10,20)11-6-7-13(16)12(9-11)15(17,18)19/h6-7,9-10H,2-5,8,20H2,1H3. The van der Waals surface area contributed by atoms with Crippen LogP contribution in [0.4, 0.5) is 17.6 Å². The first kappa shape index (κ1) is 15.3. The highest BCUT2D eigenvalue weighted by atomic mass is 19.4.